The highest BCUT2D eigenvalue weighted by molar-refractivity contribution is 7.13. The van der Waals surface area contributed by atoms with Gasteiger partial charge in [0.2, 0.25) is 0 Å². The van der Waals surface area contributed by atoms with Crippen LogP contribution in [0.15, 0.2) is 24.3 Å². The highest BCUT2D eigenvalue weighted by Crippen LogP contribution is 2.21. The van der Waals surface area contributed by atoms with Crippen LogP contribution in [0, 0.1) is 12.7 Å². The molecule has 5 nitrogen and oxygen atoms in total. The number of benzene rings is 1. The molecule has 1 N–H and O–H groups in total. The van der Waals surface area contributed by atoms with E-state index < -0.39 is 0 Å². The Morgan fingerprint density at radius 2 is 2.25 bits per heavy atom. The SMILES string of the molecule is Cc1nc(COc2ccc(F)cc2)sc1C(=O)NCC1CCCO1. The van der Waals surface area contributed by atoms with Crippen molar-refractivity contribution in [2.45, 2.75) is 32.5 Å². The van der Waals surface area contributed by atoms with E-state index in [2.05, 4.69) is 10.3 Å². The number of halogens is 1. The van der Waals surface area contributed by atoms with Crippen molar-refractivity contribution >= 4 is 17.2 Å². The van der Waals surface area contributed by atoms with Crippen molar-refractivity contribution in [3.05, 3.63) is 45.7 Å². The molecule has 24 heavy (non-hydrogen) atoms. The Morgan fingerprint density at radius 1 is 1.46 bits per heavy atom. The van der Waals surface area contributed by atoms with E-state index in [0.717, 1.165) is 19.4 Å². The molecule has 1 aromatic carbocycles. The summed E-state index contributed by atoms with van der Waals surface area (Å²) in [4.78, 5) is 17.2. The molecule has 1 fully saturated rings. The van der Waals surface area contributed by atoms with Crippen molar-refractivity contribution in [1.29, 1.82) is 0 Å². The third-order valence-electron chi connectivity index (χ3n) is 3.74. The molecule has 1 aliphatic heterocycles. The van der Waals surface area contributed by atoms with Crippen LogP contribution in [0.1, 0.15) is 33.2 Å². The number of nitrogens with zero attached hydrogens (tertiary/aromatic N) is 1. The van der Waals surface area contributed by atoms with Crippen LogP contribution in [0.5, 0.6) is 5.75 Å². The summed E-state index contributed by atoms with van der Waals surface area (Å²) in [7, 11) is 0. The number of hydrogen-bond donors (Lipinski definition) is 1. The number of amides is 1. The van der Waals surface area contributed by atoms with Crippen LogP contribution < -0.4 is 10.1 Å². The number of thiazole rings is 1. The topological polar surface area (TPSA) is 60.5 Å². The Kier molecular flexibility index (Phi) is 5.42. The van der Waals surface area contributed by atoms with Gasteiger partial charge >= 0.3 is 0 Å². The van der Waals surface area contributed by atoms with Gasteiger partial charge in [0.15, 0.2) is 0 Å². The number of aromatic nitrogens is 1. The largest absolute Gasteiger partial charge is 0.486 e. The lowest BCUT2D eigenvalue weighted by molar-refractivity contribution is 0.0860. The van der Waals surface area contributed by atoms with Crippen molar-refractivity contribution in [2.24, 2.45) is 0 Å². The summed E-state index contributed by atoms with van der Waals surface area (Å²) in [6.07, 6.45) is 2.15. The van der Waals surface area contributed by atoms with E-state index in [1.165, 1.54) is 23.5 Å². The van der Waals surface area contributed by atoms with Gasteiger partial charge in [-0.2, -0.15) is 0 Å². The normalized spacial score (nSPS) is 17.0. The van der Waals surface area contributed by atoms with Gasteiger partial charge in [0.25, 0.3) is 5.91 Å². The molecule has 0 bridgehead atoms. The summed E-state index contributed by atoms with van der Waals surface area (Å²) in [6.45, 7) is 3.34. The van der Waals surface area contributed by atoms with Crippen molar-refractivity contribution in [3.63, 3.8) is 0 Å². The summed E-state index contributed by atoms with van der Waals surface area (Å²) < 4.78 is 23.9. The minimum atomic E-state index is -0.308. The first kappa shape index (κ1) is 16.9. The van der Waals surface area contributed by atoms with Crippen molar-refractivity contribution in [2.75, 3.05) is 13.2 Å². The maximum absolute atomic E-state index is 12.9. The number of ether oxygens (including phenoxy) is 2. The molecule has 1 unspecified atom stereocenters. The fourth-order valence-electron chi connectivity index (χ4n) is 2.49. The van der Waals surface area contributed by atoms with E-state index in [-0.39, 0.29) is 24.4 Å². The first-order valence-corrected chi connectivity index (χ1v) is 8.68. The molecular weight excluding hydrogens is 331 g/mol. The second-order valence-corrected chi connectivity index (χ2v) is 6.69. The highest BCUT2D eigenvalue weighted by atomic mass is 32.1. The molecule has 0 aliphatic carbocycles. The van der Waals surface area contributed by atoms with Crippen molar-refractivity contribution < 1.29 is 18.7 Å². The molecule has 1 amide bonds. The van der Waals surface area contributed by atoms with E-state index in [4.69, 9.17) is 9.47 Å². The Morgan fingerprint density at radius 3 is 2.96 bits per heavy atom. The van der Waals surface area contributed by atoms with Gasteiger partial charge in [0, 0.05) is 13.2 Å². The molecule has 128 valence electrons. The zero-order valence-corrected chi connectivity index (χ0v) is 14.2. The quantitative estimate of drug-likeness (QED) is 0.870. The molecule has 0 radical (unpaired) electrons. The summed E-state index contributed by atoms with van der Waals surface area (Å²) in [6, 6.07) is 5.80. The molecule has 1 saturated heterocycles. The van der Waals surface area contributed by atoms with E-state index in [1.54, 1.807) is 19.1 Å². The van der Waals surface area contributed by atoms with Crippen molar-refractivity contribution in [1.82, 2.24) is 10.3 Å². The molecule has 0 saturated carbocycles. The molecule has 7 heteroatoms. The highest BCUT2D eigenvalue weighted by Gasteiger charge is 2.19. The fraction of sp³-hybridized carbons (Fsp3) is 0.412. The number of carbonyl (C=O) groups is 1. The molecule has 3 rings (SSSR count). The minimum Gasteiger partial charge on any atom is -0.486 e. The van der Waals surface area contributed by atoms with Gasteiger partial charge in [0.05, 0.1) is 11.8 Å². The van der Waals surface area contributed by atoms with Gasteiger partial charge in [-0.1, -0.05) is 0 Å². The summed E-state index contributed by atoms with van der Waals surface area (Å²) in [5.74, 6) is 0.125. The molecule has 0 spiro atoms. The van der Waals surface area contributed by atoms with E-state index >= 15 is 0 Å². The fourth-order valence-corrected chi connectivity index (χ4v) is 3.39. The predicted octanol–water partition coefficient (Wildman–Crippen LogP) is 3.08. The van der Waals surface area contributed by atoms with Crippen LogP contribution >= 0.6 is 11.3 Å². The average molecular weight is 350 g/mol. The van der Waals surface area contributed by atoms with Crippen molar-refractivity contribution in [3.8, 4) is 5.75 Å². The first-order valence-electron chi connectivity index (χ1n) is 7.86. The van der Waals surface area contributed by atoms with Crippen LogP contribution in [-0.4, -0.2) is 30.1 Å². The van der Waals surface area contributed by atoms with Crippen LogP contribution in [-0.2, 0) is 11.3 Å². The van der Waals surface area contributed by atoms with Gasteiger partial charge in [0.1, 0.15) is 28.1 Å². The molecule has 1 aliphatic rings. The van der Waals surface area contributed by atoms with Gasteiger partial charge < -0.3 is 14.8 Å². The third kappa shape index (κ3) is 4.30. The Labute approximate surface area is 143 Å². The summed E-state index contributed by atoms with van der Waals surface area (Å²) in [5.41, 5.74) is 0.683. The summed E-state index contributed by atoms with van der Waals surface area (Å²) in [5, 5.41) is 3.61. The van der Waals surface area contributed by atoms with Gasteiger partial charge in [-0.15, -0.1) is 11.3 Å². The second-order valence-electron chi connectivity index (χ2n) is 5.61. The van der Waals surface area contributed by atoms with E-state index in [1.807, 2.05) is 0 Å². The Bertz CT molecular complexity index is 696. The zero-order chi connectivity index (χ0) is 16.9. The van der Waals surface area contributed by atoms with E-state index in [0.29, 0.717) is 27.9 Å². The maximum atomic E-state index is 12.9. The summed E-state index contributed by atoms with van der Waals surface area (Å²) >= 11 is 1.31. The van der Waals surface area contributed by atoms with E-state index in [9.17, 15) is 9.18 Å². The standard InChI is InChI=1S/C17H19FN2O3S/c1-11-16(17(21)19-9-14-3-2-8-22-14)24-15(20-11)10-23-13-6-4-12(18)5-7-13/h4-7,14H,2-3,8-10H2,1H3,(H,19,21). The minimum absolute atomic E-state index is 0.114. The number of aryl methyl sites for hydroxylation is 1. The molecular formula is C17H19FN2O3S. The Balaban J connectivity index is 1.55. The van der Waals surface area contributed by atoms with Crippen LogP contribution in [0.2, 0.25) is 0 Å². The number of nitrogens with one attached hydrogen (secondary N) is 1. The Hall–Kier alpha value is -1.99. The molecule has 1 atom stereocenters. The molecule has 2 aromatic rings. The average Bonchev–Trinajstić information content (AvgIpc) is 3.22. The van der Waals surface area contributed by atoms with Crippen LogP contribution in [0.25, 0.3) is 0 Å². The monoisotopic (exact) mass is 350 g/mol. The van der Waals surface area contributed by atoms with Gasteiger partial charge in [-0.25, -0.2) is 9.37 Å². The van der Waals surface area contributed by atoms with Gasteiger partial charge in [-0.05, 0) is 44.0 Å². The molecule has 2 heterocycles. The first-order chi connectivity index (χ1) is 11.6. The second kappa shape index (κ2) is 7.72. The molecule has 1 aromatic heterocycles. The lowest BCUT2D eigenvalue weighted by Gasteiger charge is -2.09. The van der Waals surface area contributed by atoms with Crippen LogP contribution in [0.3, 0.4) is 0 Å². The zero-order valence-electron chi connectivity index (χ0n) is 13.4. The maximum Gasteiger partial charge on any atom is 0.263 e. The predicted molar refractivity (Wildman–Crippen MR) is 88.9 cm³/mol. The lowest BCUT2D eigenvalue weighted by Crippen LogP contribution is -2.31. The number of hydrogen-bond acceptors (Lipinski definition) is 5. The lowest BCUT2D eigenvalue weighted by atomic mass is 10.2. The van der Waals surface area contributed by atoms with Crippen LogP contribution in [0.4, 0.5) is 4.39 Å². The smallest absolute Gasteiger partial charge is 0.263 e. The number of rotatable bonds is 6. The van der Waals surface area contributed by atoms with Gasteiger partial charge in [-0.3, -0.25) is 4.79 Å². The number of carbonyl (C=O) groups excluding carboxylic acids is 1. The third-order valence-corrected chi connectivity index (χ3v) is 4.87.